The number of carboxylic acids is 1. The summed E-state index contributed by atoms with van der Waals surface area (Å²) in [5.74, 6) is -0.408. The van der Waals surface area contributed by atoms with Crippen LogP contribution in [0.15, 0.2) is 11.1 Å². The number of amides is 1. The van der Waals surface area contributed by atoms with E-state index < -0.39 is 5.97 Å². The van der Waals surface area contributed by atoms with E-state index in [0.29, 0.717) is 11.5 Å². The van der Waals surface area contributed by atoms with E-state index in [1.54, 1.807) is 6.92 Å². The molecule has 1 heterocycles. The molecule has 1 rings (SSSR count). The van der Waals surface area contributed by atoms with Crippen LogP contribution in [0.4, 0.5) is 0 Å². The summed E-state index contributed by atoms with van der Waals surface area (Å²) in [6.45, 7) is 6.81. The SMILES string of the molecule is CCCC1CCCN(C(=O)/C(C)=C(\C)C(=O)O)CC1. The van der Waals surface area contributed by atoms with Crippen LogP contribution in [0.3, 0.4) is 0 Å². The van der Waals surface area contributed by atoms with Crippen LogP contribution in [0.1, 0.15) is 52.9 Å². The summed E-state index contributed by atoms with van der Waals surface area (Å²) in [6.07, 6.45) is 5.66. The van der Waals surface area contributed by atoms with Gasteiger partial charge in [0.25, 0.3) is 0 Å². The van der Waals surface area contributed by atoms with E-state index in [9.17, 15) is 9.59 Å². The van der Waals surface area contributed by atoms with Crippen molar-refractivity contribution in [2.75, 3.05) is 13.1 Å². The third kappa shape index (κ3) is 4.37. The summed E-state index contributed by atoms with van der Waals surface area (Å²) >= 11 is 0. The van der Waals surface area contributed by atoms with Crippen LogP contribution in [0.5, 0.6) is 0 Å². The van der Waals surface area contributed by atoms with Crippen LogP contribution in [-0.2, 0) is 9.59 Å². The van der Waals surface area contributed by atoms with Gasteiger partial charge in [-0.15, -0.1) is 0 Å². The molecule has 1 saturated heterocycles. The Bertz CT molecular complexity index is 374. The van der Waals surface area contributed by atoms with E-state index >= 15 is 0 Å². The van der Waals surface area contributed by atoms with Gasteiger partial charge in [0.1, 0.15) is 0 Å². The van der Waals surface area contributed by atoms with Crippen LogP contribution in [0.25, 0.3) is 0 Å². The van der Waals surface area contributed by atoms with Gasteiger partial charge in [-0.05, 0) is 39.0 Å². The second kappa shape index (κ2) is 7.31. The fraction of sp³-hybridized carbons (Fsp3) is 0.733. The molecule has 0 saturated carbocycles. The largest absolute Gasteiger partial charge is 0.478 e. The summed E-state index contributed by atoms with van der Waals surface area (Å²) in [6, 6.07) is 0. The molecular weight excluding hydrogens is 242 g/mol. The van der Waals surface area contributed by atoms with E-state index in [-0.39, 0.29) is 11.5 Å². The average Bonchev–Trinajstić information content (AvgIpc) is 2.62. The summed E-state index contributed by atoms with van der Waals surface area (Å²) in [7, 11) is 0. The molecular formula is C15H25NO3. The highest BCUT2D eigenvalue weighted by atomic mass is 16.4. The molecule has 108 valence electrons. The lowest BCUT2D eigenvalue weighted by molar-refractivity contribution is -0.133. The molecule has 1 fully saturated rings. The predicted molar refractivity (Wildman–Crippen MR) is 74.8 cm³/mol. The van der Waals surface area contributed by atoms with Gasteiger partial charge in [0.2, 0.25) is 5.91 Å². The van der Waals surface area contributed by atoms with E-state index in [0.717, 1.165) is 25.9 Å². The first-order valence-electron chi connectivity index (χ1n) is 7.17. The second-order valence-electron chi connectivity index (χ2n) is 5.43. The van der Waals surface area contributed by atoms with Crippen molar-refractivity contribution >= 4 is 11.9 Å². The molecule has 0 radical (unpaired) electrons. The van der Waals surface area contributed by atoms with Gasteiger partial charge < -0.3 is 10.0 Å². The third-order valence-electron chi connectivity index (χ3n) is 4.04. The minimum atomic E-state index is -1.01. The van der Waals surface area contributed by atoms with Crippen molar-refractivity contribution in [3.05, 3.63) is 11.1 Å². The van der Waals surface area contributed by atoms with Gasteiger partial charge in [-0.2, -0.15) is 0 Å². The average molecular weight is 267 g/mol. The van der Waals surface area contributed by atoms with Gasteiger partial charge in [-0.3, -0.25) is 4.79 Å². The Morgan fingerprint density at radius 1 is 1.16 bits per heavy atom. The smallest absolute Gasteiger partial charge is 0.331 e. The number of aliphatic carboxylic acids is 1. The molecule has 4 heteroatoms. The van der Waals surface area contributed by atoms with E-state index in [2.05, 4.69) is 6.92 Å². The third-order valence-corrected chi connectivity index (χ3v) is 4.04. The quantitative estimate of drug-likeness (QED) is 0.797. The Morgan fingerprint density at radius 3 is 2.42 bits per heavy atom. The molecule has 0 aliphatic carbocycles. The molecule has 1 atom stereocenters. The summed E-state index contributed by atoms with van der Waals surface area (Å²) < 4.78 is 0. The Hall–Kier alpha value is -1.32. The van der Waals surface area contributed by atoms with Crippen LogP contribution in [0.2, 0.25) is 0 Å². The summed E-state index contributed by atoms with van der Waals surface area (Å²) in [5.41, 5.74) is 0.515. The Balaban J connectivity index is 2.68. The summed E-state index contributed by atoms with van der Waals surface area (Å²) in [5, 5.41) is 8.94. The highest BCUT2D eigenvalue weighted by Crippen LogP contribution is 2.23. The zero-order valence-electron chi connectivity index (χ0n) is 12.2. The topological polar surface area (TPSA) is 57.6 Å². The number of hydrogen-bond acceptors (Lipinski definition) is 2. The lowest BCUT2D eigenvalue weighted by Gasteiger charge is -2.21. The number of nitrogens with zero attached hydrogens (tertiary/aromatic N) is 1. The van der Waals surface area contributed by atoms with Crippen molar-refractivity contribution in [2.24, 2.45) is 5.92 Å². The normalized spacial score (nSPS) is 21.6. The number of carbonyl (C=O) groups excluding carboxylic acids is 1. The highest BCUT2D eigenvalue weighted by Gasteiger charge is 2.22. The zero-order chi connectivity index (χ0) is 14.4. The fourth-order valence-corrected chi connectivity index (χ4v) is 2.62. The van der Waals surface area contributed by atoms with Gasteiger partial charge in [-0.25, -0.2) is 4.79 Å². The molecule has 1 aliphatic heterocycles. The van der Waals surface area contributed by atoms with Gasteiger partial charge in [0.15, 0.2) is 0 Å². The molecule has 0 aromatic heterocycles. The van der Waals surface area contributed by atoms with Crippen molar-refractivity contribution in [3.8, 4) is 0 Å². The van der Waals surface area contributed by atoms with Crippen LogP contribution >= 0.6 is 0 Å². The Kier molecular flexibility index (Phi) is 6.06. The van der Waals surface area contributed by atoms with E-state index in [1.165, 1.54) is 26.2 Å². The van der Waals surface area contributed by atoms with Crippen molar-refractivity contribution in [1.82, 2.24) is 4.90 Å². The van der Waals surface area contributed by atoms with Crippen LogP contribution < -0.4 is 0 Å². The van der Waals surface area contributed by atoms with Gasteiger partial charge in [0.05, 0.1) is 0 Å². The predicted octanol–water partition coefficient (Wildman–Crippen LogP) is 2.84. The lowest BCUT2D eigenvalue weighted by Crippen LogP contribution is -2.33. The molecule has 1 unspecified atom stereocenters. The van der Waals surface area contributed by atoms with E-state index in [4.69, 9.17) is 5.11 Å². The fourth-order valence-electron chi connectivity index (χ4n) is 2.62. The first-order chi connectivity index (χ1) is 8.97. The van der Waals surface area contributed by atoms with Crippen LogP contribution in [0, 0.1) is 5.92 Å². The maximum atomic E-state index is 12.3. The zero-order valence-corrected chi connectivity index (χ0v) is 12.2. The molecule has 19 heavy (non-hydrogen) atoms. The molecule has 4 nitrogen and oxygen atoms in total. The first-order valence-corrected chi connectivity index (χ1v) is 7.17. The molecule has 0 aromatic carbocycles. The Labute approximate surface area is 115 Å². The molecule has 0 spiro atoms. The van der Waals surface area contributed by atoms with Gasteiger partial charge >= 0.3 is 5.97 Å². The number of likely N-dealkylation sites (tertiary alicyclic amines) is 1. The van der Waals surface area contributed by atoms with Gasteiger partial charge in [-0.1, -0.05) is 19.8 Å². The lowest BCUT2D eigenvalue weighted by atomic mass is 9.96. The Morgan fingerprint density at radius 2 is 1.84 bits per heavy atom. The number of carboxylic acid groups (broad SMARTS) is 1. The van der Waals surface area contributed by atoms with E-state index in [1.807, 2.05) is 4.90 Å². The summed E-state index contributed by atoms with van der Waals surface area (Å²) in [4.78, 5) is 25.0. The van der Waals surface area contributed by atoms with Gasteiger partial charge in [0, 0.05) is 24.2 Å². The number of rotatable bonds is 4. The first kappa shape index (κ1) is 15.7. The minimum absolute atomic E-state index is 0.114. The second-order valence-corrected chi connectivity index (χ2v) is 5.43. The van der Waals surface area contributed by atoms with Crippen molar-refractivity contribution in [2.45, 2.75) is 52.9 Å². The number of hydrogen-bond donors (Lipinski definition) is 1. The maximum Gasteiger partial charge on any atom is 0.331 e. The van der Waals surface area contributed by atoms with Crippen molar-refractivity contribution in [1.29, 1.82) is 0 Å². The molecule has 1 N–H and O–H groups in total. The molecule has 0 bridgehead atoms. The minimum Gasteiger partial charge on any atom is -0.478 e. The number of carbonyl (C=O) groups is 2. The molecule has 1 amide bonds. The molecule has 1 aliphatic rings. The van der Waals surface area contributed by atoms with Crippen molar-refractivity contribution < 1.29 is 14.7 Å². The highest BCUT2D eigenvalue weighted by molar-refractivity contribution is 6.01. The standard InChI is InChI=1S/C15H25NO3/c1-4-6-13-7-5-9-16(10-8-13)14(17)11(2)12(3)15(18)19/h13H,4-10H2,1-3H3,(H,18,19)/b12-11+. The van der Waals surface area contributed by atoms with Crippen LogP contribution in [-0.4, -0.2) is 35.0 Å². The maximum absolute atomic E-state index is 12.3. The molecule has 0 aromatic rings. The monoisotopic (exact) mass is 267 g/mol. The van der Waals surface area contributed by atoms with Crippen molar-refractivity contribution in [3.63, 3.8) is 0 Å².